The van der Waals surface area contributed by atoms with Crippen molar-refractivity contribution >= 4 is 81.5 Å². The standard InChI is InChI=1S/C69H122N5O38P3/c1-42-59(72-43(2)79)67(109-54(33-76)62(42)89)102-27-25-99-24-20-50(83)14-10-15-51(84)29-46(32-75)36-107-115(97,98)108-40-48(31-53(86)18-12-22-71-58(88)41-100-26-28-103-69-61(74-45(4)81)66(93)64(91)56(35-78)111-69)38-105-113(5,95)104-37-47(39-106-114(6,96)112-94)30-52(85)16-9-13-49(82)17-11-21-70-57(87)19-7-8-23-101-68-60(73-44(3)80)65(92)63(90)55(34-77)110-68/h42,46-48,54-56,59-69,75-78,89-94H,7-41H2,1-6H3,(H,70,87)(H,71,88)(H,72,79)(H,73,80)(H,74,81)(H,97,98). The van der Waals surface area contributed by atoms with Crippen molar-refractivity contribution in [3.63, 3.8) is 0 Å². The van der Waals surface area contributed by atoms with Crippen LogP contribution in [0.3, 0.4) is 0 Å². The summed E-state index contributed by atoms with van der Waals surface area (Å²) in [7, 11) is -13.4. The number of amides is 5. The van der Waals surface area contributed by atoms with E-state index in [0.717, 1.165) is 20.3 Å². The number of ketones is 5. The molecule has 666 valence electrons. The van der Waals surface area contributed by atoms with E-state index < -0.39 is 240 Å². The zero-order valence-electron chi connectivity index (χ0n) is 65.9. The summed E-state index contributed by atoms with van der Waals surface area (Å²) in [5.41, 5.74) is 0. The van der Waals surface area contributed by atoms with E-state index in [-0.39, 0.29) is 166 Å². The van der Waals surface area contributed by atoms with E-state index in [4.69, 9.17) is 65.8 Å². The van der Waals surface area contributed by atoms with Crippen molar-refractivity contribution in [2.24, 2.45) is 23.7 Å². The van der Waals surface area contributed by atoms with Crippen molar-refractivity contribution in [2.45, 2.75) is 223 Å². The molecule has 0 saturated carbocycles. The van der Waals surface area contributed by atoms with Gasteiger partial charge in [-0.05, 0) is 38.5 Å². The van der Waals surface area contributed by atoms with Crippen molar-refractivity contribution in [1.82, 2.24) is 26.6 Å². The molecule has 5 amide bonds. The highest BCUT2D eigenvalue weighted by molar-refractivity contribution is 7.53. The van der Waals surface area contributed by atoms with E-state index in [9.17, 15) is 112 Å². The molecule has 0 spiro atoms. The van der Waals surface area contributed by atoms with E-state index in [1.807, 2.05) is 0 Å². The number of Topliss-reactive ketones (excluding diaryl/α,β-unsaturated/α-hetero) is 5. The van der Waals surface area contributed by atoms with E-state index in [1.54, 1.807) is 6.92 Å². The van der Waals surface area contributed by atoms with Crippen LogP contribution in [0.4, 0.5) is 0 Å². The number of carbonyl (C=O) groups excluding carboxylic acids is 10. The number of unbranched alkanes of at least 4 members (excludes halogenated alkanes) is 1. The molecule has 0 aliphatic carbocycles. The van der Waals surface area contributed by atoms with Gasteiger partial charge in [-0.3, -0.25) is 66.1 Å². The molecule has 0 radical (unpaired) electrons. The van der Waals surface area contributed by atoms with Gasteiger partial charge >= 0.3 is 23.0 Å². The van der Waals surface area contributed by atoms with Gasteiger partial charge in [-0.25, -0.2) is 9.82 Å². The summed E-state index contributed by atoms with van der Waals surface area (Å²) in [6, 6.07) is -3.05. The molecule has 115 heavy (non-hydrogen) atoms. The van der Waals surface area contributed by atoms with Crippen molar-refractivity contribution in [1.29, 1.82) is 0 Å². The minimum atomic E-state index is -5.09. The number of hydrogen-bond acceptors (Lipinski definition) is 37. The molecular formula is C69H122N5O38P3. The molecule has 3 heterocycles. The molecule has 3 aliphatic rings. The fourth-order valence-corrected chi connectivity index (χ4v) is 14.4. The van der Waals surface area contributed by atoms with Crippen LogP contribution in [0.5, 0.6) is 0 Å². The predicted octanol–water partition coefficient (Wildman–Crippen LogP) is -1.96. The van der Waals surface area contributed by atoms with E-state index in [2.05, 4.69) is 31.3 Å². The average Bonchev–Trinajstić information content (AvgIpc) is 0.818. The summed E-state index contributed by atoms with van der Waals surface area (Å²) in [5, 5.41) is 113. The second-order valence-electron chi connectivity index (χ2n) is 28.4. The maximum atomic E-state index is 13.9. The normalized spacial score (nSPS) is 26.0. The van der Waals surface area contributed by atoms with Gasteiger partial charge < -0.3 is 129 Å². The largest absolute Gasteiger partial charge is 0.472 e. The van der Waals surface area contributed by atoms with Crippen LogP contribution >= 0.6 is 23.0 Å². The molecule has 43 nitrogen and oxygen atoms in total. The SMILES string of the molecule is CC(=O)NC1C(OCCOCCC(=O)CCCC(=O)CC(CO)COP(=O)(O)OCC(COP(C)(=O)OCC(COP(C)(=O)OO)CC(=O)CCCC(=O)CCCNC(=O)CCCCOC2OC(CO)C(O)C(O)C2NC(C)=O)CC(=O)CCCNC(=O)COCCOC2OC(CO)C(O)C(O)C2NC(C)=O)OC(CO)C(O)C1C. The molecule has 3 saturated heterocycles. The second kappa shape index (κ2) is 56.1. The van der Waals surface area contributed by atoms with Crippen LogP contribution in [-0.2, 0) is 127 Å². The fourth-order valence-electron chi connectivity index (χ4n) is 12.0. The molecule has 0 aromatic carbocycles. The molecule has 21 unspecified atom stereocenters. The molecule has 21 atom stereocenters. The highest BCUT2D eigenvalue weighted by atomic mass is 31.2. The van der Waals surface area contributed by atoms with Crippen molar-refractivity contribution in [3.05, 3.63) is 0 Å². The number of hydrogen-bond donors (Lipinski definition) is 16. The Morgan fingerprint density at radius 3 is 1.26 bits per heavy atom. The van der Waals surface area contributed by atoms with E-state index in [1.165, 1.54) is 13.8 Å². The quantitative estimate of drug-likeness (QED) is 0.0136. The van der Waals surface area contributed by atoms with Gasteiger partial charge in [0.2, 0.25) is 29.5 Å². The third-order valence-corrected chi connectivity index (χ3v) is 21.4. The molecule has 46 heteroatoms. The van der Waals surface area contributed by atoms with E-state index >= 15 is 0 Å². The van der Waals surface area contributed by atoms with Gasteiger partial charge in [-0.15, -0.1) is 0 Å². The minimum Gasteiger partial charge on any atom is -0.396 e. The van der Waals surface area contributed by atoms with Gasteiger partial charge in [0.25, 0.3) is 0 Å². The Kier molecular flexibility index (Phi) is 51.0. The number of carbonyl (C=O) groups is 10. The Morgan fingerprint density at radius 2 is 0.791 bits per heavy atom. The Bertz CT molecular complexity index is 3110. The highest BCUT2D eigenvalue weighted by Gasteiger charge is 2.48. The van der Waals surface area contributed by atoms with Gasteiger partial charge in [0, 0.05) is 155 Å². The number of rotatable bonds is 64. The van der Waals surface area contributed by atoms with Crippen molar-refractivity contribution in [2.75, 3.05) is 132 Å². The first-order valence-corrected chi connectivity index (χ1v) is 43.6. The molecule has 0 aromatic rings. The number of ether oxygens (including phenoxy) is 8. The van der Waals surface area contributed by atoms with Crippen LogP contribution in [0.15, 0.2) is 0 Å². The van der Waals surface area contributed by atoms with Crippen LogP contribution in [0.25, 0.3) is 0 Å². The maximum Gasteiger partial charge on any atom is 0.472 e. The Morgan fingerprint density at radius 1 is 0.409 bits per heavy atom. The summed E-state index contributed by atoms with van der Waals surface area (Å²) < 4.78 is 115. The van der Waals surface area contributed by atoms with E-state index in [0.29, 0.717) is 12.8 Å². The van der Waals surface area contributed by atoms with Crippen LogP contribution in [-0.4, -0.2) is 333 Å². The number of nitrogens with one attached hydrogen (secondary N) is 5. The number of aliphatic hydroxyl groups excluding tert-OH is 9. The maximum absolute atomic E-state index is 13.9. The third kappa shape index (κ3) is 42.9. The van der Waals surface area contributed by atoms with Crippen LogP contribution < -0.4 is 26.6 Å². The molecule has 0 aromatic heterocycles. The second-order valence-corrected chi connectivity index (χ2v) is 33.9. The molecular weight excluding hydrogens is 1600 g/mol. The van der Waals surface area contributed by atoms with Crippen molar-refractivity contribution in [3.8, 4) is 0 Å². The molecule has 3 aliphatic heterocycles. The molecule has 0 bridgehead atoms. The summed E-state index contributed by atoms with van der Waals surface area (Å²) in [5.74, 6) is -7.95. The number of aliphatic hydroxyl groups is 9. The van der Waals surface area contributed by atoms with Gasteiger partial charge in [0.05, 0.1) is 98.0 Å². The molecule has 3 rings (SSSR count). The van der Waals surface area contributed by atoms with Crippen molar-refractivity contribution < 1.29 is 183 Å². The Balaban J connectivity index is 1.53. The minimum absolute atomic E-state index is 0.00555. The summed E-state index contributed by atoms with van der Waals surface area (Å²) in [6.07, 6.45) is -14.1. The van der Waals surface area contributed by atoms with Gasteiger partial charge in [-0.1, -0.05) is 6.92 Å². The van der Waals surface area contributed by atoms with Gasteiger partial charge in [0.15, 0.2) is 18.9 Å². The fraction of sp³-hybridized carbons (Fsp3) is 0.855. The Labute approximate surface area is 667 Å². The van der Waals surface area contributed by atoms with Gasteiger partial charge in [-0.2, -0.15) is 4.67 Å². The predicted molar refractivity (Wildman–Crippen MR) is 396 cm³/mol. The summed E-state index contributed by atoms with van der Waals surface area (Å²) in [6.45, 7) is 0.824. The lowest BCUT2D eigenvalue weighted by atomic mass is 9.89. The molecule has 3 fully saturated rings. The number of phosphoric ester groups is 1. The zero-order valence-corrected chi connectivity index (χ0v) is 68.6. The first-order chi connectivity index (χ1) is 54.4. The van der Waals surface area contributed by atoms with Crippen LogP contribution in [0.2, 0.25) is 0 Å². The smallest absolute Gasteiger partial charge is 0.396 e. The third-order valence-electron chi connectivity index (χ3n) is 18.3. The Hall–Kier alpha value is -4.61. The highest BCUT2D eigenvalue weighted by Crippen LogP contribution is 2.48. The van der Waals surface area contributed by atoms with Gasteiger partial charge in [0.1, 0.15) is 90.3 Å². The monoisotopic (exact) mass is 1720 g/mol. The zero-order chi connectivity index (χ0) is 85.8. The molecule has 16 N–H and O–H groups in total. The number of phosphoric acid groups is 1. The van der Waals surface area contributed by atoms with Crippen LogP contribution in [0.1, 0.15) is 137 Å². The topological polar surface area (TPSA) is 634 Å². The lowest BCUT2D eigenvalue weighted by Crippen LogP contribution is -2.64. The first-order valence-electron chi connectivity index (χ1n) is 38.1. The lowest BCUT2D eigenvalue weighted by molar-refractivity contribution is -0.271. The summed E-state index contributed by atoms with van der Waals surface area (Å²) >= 11 is 0. The summed E-state index contributed by atoms with van der Waals surface area (Å²) in [4.78, 5) is 136. The lowest BCUT2D eigenvalue weighted by Gasteiger charge is -2.43. The van der Waals surface area contributed by atoms with Crippen LogP contribution in [0, 0.1) is 23.7 Å². The average molecular weight is 1720 g/mol. The first kappa shape index (κ1) is 105.